The zero-order chi connectivity index (χ0) is 16.9. The molecule has 0 bridgehead atoms. The lowest BCUT2D eigenvalue weighted by atomic mass is 9.83. The Morgan fingerprint density at radius 2 is 1.42 bits per heavy atom. The molecule has 0 radical (unpaired) electrons. The topological polar surface area (TPSA) is 3.24 Å². The highest BCUT2D eigenvalue weighted by molar-refractivity contribution is 5.81. The van der Waals surface area contributed by atoms with Crippen LogP contribution in [0.1, 0.15) is 45.6 Å². The fourth-order valence-electron chi connectivity index (χ4n) is 3.81. The zero-order valence-electron chi connectivity index (χ0n) is 15.0. The van der Waals surface area contributed by atoms with Gasteiger partial charge in [-0.2, -0.15) is 0 Å². The summed E-state index contributed by atoms with van der Waals surface area (Å²) < 4.78 is 0. The van der Waals surface area contributed by atoms with E-state index in [-0.39, 0.29) is 0 Å². The van der Waals surface area contributed by atoms with Crippen molar-refractivity contribution in [2.24, 2.45) is 0 Å². The van der Waals surface area contributed by atoms with E-state index in [1.165, 1.54) is 28.0 Å². The van der Waals surface area contributed by atoms with E-state index in [0.717, 1.165) is 19.3 Å². The lowest BCUT2D eigenvalue weighted by Gasteiger charge is -2.39. The van der Waals surface area contributed by atoms with Gasteiger partial charge < -0.3 is 4.90 Å². The van der Waals surface area contributed by atoms with Crippen LogP contribution in [-0.4, -0.2) is 6.04 Å². The molecular formula is C23H27N. The molecule has 124 valence electrons. The second-order valence-electron chi connectivity index (χ2n) is 6.29. The molecule has 0 aromatic heterocycles. The van der Waals surface area contributed by atoms with Crippen molar-refractivity contribution < 1.29 is 0 Å². The van der Waals surface area contributed by atoms with Crippen molar-refractivity contribution in [1.29, 1.82) is 0 Å². The molecule has 1 unspecified atom stereocenters. The average molecular weight is 317 g/mol. The molecule has 0 aliphatic carbocycles. The largest absolute Gasteiger partial charge is 0.340 e. The van der Waals surface area contributed by atoms with E-state index in [1.54, 1.807) is 0 Å². The molecular weight excluding hydrogens is 290 g/mol. The number of allylic oxidation sites excluding steroid dienone is 2. The van der Waals surface area contributed by atoms with Crippen LogP contribution in [0.5, 0.6) is 0 Å². The zero-order valence-corrected chi connectivity index (χ0v) is 15.0. The molecule has 0 fully saturated rings. The van der Waals surface area contributed by atoms with Gasteiger partial charge in [0.1, 0.15) is 0 Å². The Labute approximate surface area is 146 Å². The standard InChI is InChI=1S/C23H27N/c1-4-18-17-24(20-15-11-8-12-16-20)22(6-3)23(21(18)5-2)19-13-9-7-10-14-19/h7-17,22H,4-6H2,1-3H3. The molecule has 1 nitrogen and oxygen atoms in total. The van der Waals surface area contributed by atoms with Gasteiger partial charge in [-0.1, -0.05) is 69.3 Å². The first-order chi connectivity index (χ1) is 11.8. The van der Waals surface area contributed by atoms with Crippen LogP contribution in [0.25, 0.3) is 5.57 Å². The number of para-hydroxylation sites is 1. The highest BCUT2D eigenvalue weighted by atomic mass is 15.2. The maximum absolute atomic E-state index is 2.47. The lowest BCUT2D eigenvalue weighted by molar-refractivity contribution is 0.734. The molecule has 0 saturated heterocycles. The van der Waals surface area contributed by atoms with Gasteiger partial charge in [-0.25, -0.2) is 0 Å². The van der Waals surface area contributed by atoms with Crippen LogP contribution in [0, 0.1) is 0 Å². The summed E-state index contributed by atoms with van der Waals surface area (Å²) in [5.41, 5.74) is 7.14. The van der Waals surface area contributed by atoms with Gasteiger partial charge in [0.2, 0.25) is 0 Å². The predicted molar refractivity (Wildman–Crippen MR) is 105 cm³/mol. The van der Waals surface area contributed by atoms with Crippen molar-refractivity contribution in [3.8, 4) is 0 Å². The Morgan fingerprint density at radius 3 is 1.96 bits per heavy atom. The fourth-order valence-corrected chi connectivity index (χ4v) is 3.81. The highest BCUT2D eigenvalue weighted by Crippen LogP contribution is 2.40. The summed E-state index contributed by atoms with van der Waals surface area (Å²) in [6.45, 7) is 6.84. The van der Waals surface area contributed by atoms with Crippen molar-refractivity contribution in [1.82, 2.24) is 0 Å². The first-order valence-electron chi connectivity index (χ1n) is 9.13. The molecule has 24 heavy (non-hydrogen) atoms. The molecule has 1 heteroatoms. The third kappa shape index (κ3) is 3.03. The molecule has 1 atom stereocenters. The molecule has 0 amide bonds. The minimum atomic E-state index is 0.389. The Hall–Kier alpha value is -2.28. The molecule has 0 spiro atoms. The van der Waals surface area contributed by atoms with Gasteiger partial charge in [0, 0.05) is 11.9 Å². The maximum Gasteiger partial charge on any atom is 0.0591 e. The number of nitrogens with zero attached hydrogens (tertiary/aromatic N) is 1. The molecule has 2 aromatic carbocycles. The van der Waals surface area contributed by atoms with Gasteiger partial charge in [0.05, 0.1) is 6.04 Å². The van der Waals surface area contributed by atoms with E-state index in [2.05, 4.69) is 92.5 Å². The second kappa shape index (κ2) is 7.53. The van der Waals surface area contributed by atoms with Gasteiger partial charge >= 0.3 is 0 Å². The summed E-state index contributed by atoms with van der Waals surface area (Å²) in [6.07, 6.45) is 5.63. The monoisotopic (exact) mass is 317 g/mol. The third-order valence-corrected chi connectivity index (χ3v) is 4.94. The summed E-state index contributed by atoms with van der Waals surface area (Å²) in [5.74, 6) is 0. The molecule has 2 aromatic rings. The Kier molecular flexibility index (Phi) is 5.20. The molecule has 1 aliphatic rings. The van der Waals surface area contributed by atoms with Gasteiger partial charge in [-0.05, 0) is 53.7 Å². The van der Waals surface area contributed by atoms with E-state index < -0.39 is 0 Å². The molecule has 1 aliphatic heterocycles. The van der Waals surface area contributed by atoms with Crippen molar-refractivity contribution >= 4 is 11.3 Å². The average Bonchev–Trinajstić information content (AvgIpc) is 2.67. The third-order valence-electron chi connectivity index (χ3n) is 4.94. The van der Waals surface area contributed by atoms with Gasteiger partial charge in [-0.15, -0.1) is 0 Å². The first kappa shape index (κ1) is 16.6. The van der Waals surface area contributed by atoms with Crippen LogP contribution < -0.4 is 4.90 Å². The van der Waals surface area contributed by atoms with Crippen LogP contribution in [-0.2, 0) is 0 Å². The Balaban J connectivity index is 2.17. The van der Waals surface area contributed by atoms with E-state index in [1.807, 2.05) is 0 Å². The molecule has 1 heterocycles. The Morgan fingerprint density at radius 1 is 0.792 bits per heavy atom. The Bertz CT molecular complexity index is 725. The van der Waals surface area contributed by atoms with Crippen molar-refractivity contribution in [2.75, 3.05) is 4.90 Å². The van der Waals surface area contributed by atoms with Crippen LogP contribution in [0.15, 0.2) is 78.0 Å². The summed E-state index contributed by atoms with van der Waals surface area (Å²) in [4.78, 5) is 2.47. The van der Waals surface area contributed by atoms with Crippen LogP contribution >= 0.6 is 0 Å². The van der Waals surface area contributed by atoms with E-state index in [0.29, 0.717) is 6.04 Å². The minimum absolute atomic E-state index is 0.389. The summed E-state index contributed by atoms with van der Waals surface area (Å²) in [7, 11) is 0. The summed E-state index contributed by atoms with van der Waals surface area (Å²) in [5, 5.41) is 0. The van der Waals surface area contributed by atoms with Gasteiger partial charge in [-0.3, -0.25) is 0 Å². The number of hydrogen-bond donors (Lipinski definition) is 0. The smallest absolute Gasteiger partial charge is 0.0591 e. The molecule has 0 N–H and O–H groups in total. The van der Waals surface area contributed by atoms with Crippen LogP contribution in [0.4, 0.5) is 5.69 Å². The van der Waals surface area contributed by atoms with E-state index in [4.69, 9.17) is 0 Å². The van der Waals surface area contributed by atoms with Crippen LogP contribution in [0.2, 0.25) is 0 Å². The van der Waals surface area contributed by atoms with Crippen molar-refractivity contribution in [2.45, 2.75) is 46.1 Å². The predicted octanol–water partition coefficient (Wildman–Crippen LogP) is 6.44. The fraction of sp³-hybridized carbons (Fsp3) is 0.304. The minimum Gasteiger partial charge on any atom is -0.340 e. The number of rotatable bonds is 5. The number of benzene rings is 2. The maximum atomic E-state index is 2.47. The van der Waals surface area contributed by atoms with Crippen LogP contribution in [0.3, 0.4) is 0 Å². The number of anilines is 1. The molecule has 0 saturated carbocycles. The second-order valence-corrected chi connectivity index (χ2v) is 6.29. The van der Waals surface area contributed by atoms with E-state index in [9.17, 15) is 0 Å². The highest BCUT2D eigenvalue weighted by Gasteiger charge is 2.28. The SMILES string of the molecule is CCC1=CN(c2ccccc2)C(CC)C(c2ccccc2)=C1CC. The van der Waals surface area contributed by atoms with E-state index >= 15 is 0 Å². The van der Waals surface area contributed by atoms with Gasteiger partial charge in [0.25, 0.3) is 0 Å². The first-order valence-corrected chi connectivity index (χ1v) is 9.13. The molecule has 3 rings (SSSR count). The van der Waals surface area contributed by atoms with Crippen molar-refractivity contribution in [3.05, 3.63) is 83.6 Å². The lowest BCUT2D eigenvalue weighted by Crippen LogP contribution is -2.35. The summed E-state index contributed by atoms with van der Waals surface area (Å²) in [6, 6.07) is 22.1. The quantitative estimate of drug-likeness (QED) is 0.613. The number of hydrogen-bond acceptors (Lipinski definition) is 1. The van der Waals surface area contributed by atoms with Crippen molar-refractivity contribution in [3.63, 3.8) is 0 Å². The summed E-state index contributed by atoms with van der Waals surface area (Å²) >= 11 is 0. The van der Waals surface area contributed by atoms with Gasteiger partial charge in [0.15, 0.2) is 0 Å². The normalized spacial score (nSPS) is 17.9.